The Labute approximate surface area is 255 Å². The summed E-state index contributed by atoms with van der Waals surface area (Å²) in [5, 5.41) is 4.77. The van der Waals surface area contributed by atoms with Crippen LogP contribution in [0.2, 0.25) is 0 Å². The second kappa shape index (κ2) is 9.86. The fourth-order valence-corrected chi connectivity index (χ4v) is 6.71. The number of nitrogens with zero attached hydrogens (tertiary/aromatic N) is 1. The SMILES string of the molecule is c1ccc(-c2ccc(-n3c4ccccc4c4ccc(-c5ccc6oc7ccccc7c6c5)cc43)c(-c3ccccc3)c2)cc1. The Balaban J connectivity index is 1.30. The smallest absolute Gasteiger partial charge is 0.135 e. The minimum atomic E-state index is 0.913. The Kier molecular flexibility index (Phi) is 5.54. The molecule has 2 heterocycles. The van der Waals surface area contributed by atoms with Crippen LogP contribution in [0.5, 0.6) is 0 Å². The topological polar surface area (TPSA) is 18.1 Å². The van der Waals surface area contributed by atoms with Crippen molar-refractivity contribution in [2.75, 3.05) is 0 Å². The predicted octanol–water partition coefficient (Wildman–Crippen LogP) is 11.7. The molecule has 9 rings (SSSR count). The fraction of sp³-hybridized carbons (Fsp3) is 0. The molecule has 0 atom stereocenters. The van der Waals surface area contributed by atoms with Crippen LogP contribution in [0.25, 0.3) is 82.8 Å². The van der Waals surface area contributed by atoms with Gasteiger partial charge in [-0.1, -0.05) is 121 Å². The van der Waals surface area contributed by atoms with E-state index in [2.05, 4.69) is 156 Å². The van der Waals surface area contributed by atoms with Gasteiger partial charge in [0.2, 0.25) is 0 Å². The fourth-order valence-electron chi connectivity index (χ4n) is 6.71. The van der Waals surface area contributed by atoms with Crippen molar-refractivity contribution in [3.8, 4) is 39.1 Å². The molecular formula is C42H27NO. The number of fused-ring (bicyclic) bond motifs is 6. The number of furan rings is 1. The summed E-state index contributed by atoms with van der Waals surface area (Å²) in [5.41, 5.74) is 12.5. The highest BCUT2D eigenvalue weighted by atomic mass is 16.3. The Hall–Kier alpha value is -5.86. The van der Waals surface area contributed by atoms with Gasteiger partial charge in [0.25, 0.3) is 0 Å². The molecule has 9 aromatic rings. The van der Waals surface area contributed by atoms with Gasteiger partial charge in [0.15, 0.2) is 0 Å². The first kappa shape index (κ1) is 24.7. The molecule has 0 aliphatic heterocycles. The van der Waals surface area contributed by atoms with Crippen molar-refractivity contribution in [2.45, 2.75) is 0 Å². The summed E-state index contributed by atoms with van der Waals surface area (Å²) in [7, 11) is 0. The number of para-hydroxylation sites is 2. The van der Waals surface area contributed by atoms with Gasteiger partial charge in [-0.2, -0.15) is 0 Å². The van der Waals surface area contributed by atoms with E-state index in [9.17, 15) is 0 Å². The van der Waals surface area contributed by atoms with Crippen molar-refractivity contribution in [1.29, 1.82) is 0 Å². The average Bonchev–Trinajstić information content (AvgIpc) is 3.64. The van der Waals surface area contributed by atoms with E-state index in [1.807, 2.05) is 12.1 Å². The summed E-state index contributed by atoms with van der Waals surface area (Å²) in [4.78, 5) is 0. The van der Waals surface area contributed by atoms with Gasteiger partial charge in [0.1, 0.15) is 11.2 Å². The summed E-state index contributed by atoms with van der Waals surface area (Å²) in [6.07, 6.45) is 0. The van der Waals surface area contributed by atoms with Gasteiger partial charge in [-0.25, -0.2) is 0 Å². The maximum absolute atomic E-state index is 6.12. The van der Waals surface area contributed by atoms with Crippen LogP contribution in [0, 0.1) is 0 Å². The third-order valence-corrected chi connectivity index (χ3v) is 8.81. The van der Waals surface area contributed by atoms with E-state index in [-0.39, 0.29) is 0 Å². The lowest BCUT2D eigenvalue weighted by molar-refractivity contribution is 0.669. The monoisotopic (exact) mass is 561 g/mol. The third-order valence-electron chi connectivity index (χ3n) is 8.81. The van der Waals surface area contributed by atoms with Gasteiger partial charge in [-0.15, -0.1) is 0 Å². The zero-order chi connectivity index (χ0) is 29.0. The van der Waals surface area contributed by atoms with Crippen molar-refractivity contribution in [3.05, 3.63) is 164 Å². The minimum absolute atomic E-state index is 0.913. The molecule has 7 aromatic carbocycles. The first-order valence-corrected chi connectivity index (χ1v) is 15.0. The van der Waals surface area contributed by atoms with Gasteiger partial charge < -0.3 is 8.98 Å². The molecule has 0 aliphatic rings. The third kappa shape index (κ3) is 3.89. The van der Waals surface area contributed by atoms with Crippen LogP contribution in [-0.4, -0.2) is 4.57 Å². The molecule has 0 saturated carbocycles. The molecule has 2 nitrogen and oxygen atoms in total. The highest BCUT2D eigenvalue weighted by Crippen LogP contribution is 2.40. The van der Waals surface area contributed by atoms with E-state index in [4.69, 9.17) is 4.42 Å². The normalized spacial score (nSPS) is 11.6. The van der Waals surface area contributed by atoms with E-state index in [0.29, 0.717) is 0 Å². The van der Waals surface area contributed by atoms with Crippen LogP contribution in [0.3, 0.4) is 0 Å². The van der Waals surface area contributed by atoms with Crippen LogP contribution in [0.15, 0.2) is 168 Å². The Morgan fingerprint density at radius 1 is 0.341 bits per heavy atom. The molecule has 0 aliphatic carbocycles. The largest absolute Gasteiger partial charge is 0.456 e. The summed E-state index contributed by atoms with van der Waals surface area (Å²) >= 11 is 0. The summed E-state index contributed by atoms with van der Waals surface area (Å²) in [6.45, 7) is 0. The molecule has 2 aromatic heterocycles. The van der Waals surface area contributed by atoms with Gasteiger partial charge in [-0.3, -0.25) is 0 Å². The van der Waals surface area contributed by atoms with Crippen molar-refractivity contribution >= 4 is 43.7 Å². The zero-order valence-corrected chi connectivity index (χ0v) is 23.9. The lowest BCUT2D eigenvalue weighted by Crippen LogP contribution is -1.98. The molecule has 0 spiro atoms. The van der Waals surface area contributed by atoms with Crippen molar-refractivity contribution in [1.82, 2.24) is 4.57 Å². The molecule has 206 valence electrons. The van der Waals surface area contributed by atoms with E-state index in [1.54, 1.807) is 0 Å². The maximum Gasteiger partial charge on any atom is 0.135 e. The van der Waals surface area contributed by atoms with Crippen LogP contribution >= 0.6 is 0 Å². The Bertz CT molecular complexity index is 2480. The standard InChI is InChI=1S/C42H27NO/c1-3-11-28(12-4-1)30-20-23-39(36(25-30)29-13-5-2-6-14-29)43-38-17-9-7-15-33(38)34-22-19-32(27-40(34)43)31-21-24-42-37(26-31)35-16-8-10-18-41(35)44-42/h1-27H. The summed E-state index contributed by atoms with van der Waals surface area (Å²) < 4.78 is 8.56. The van der Waals surface area contributed by atoms with Crippen molar-refractivity contribution in [2.24, 2.45) is 0 Å². The van der Waals surface area contributed by atoms with Crippen LogP contribution < -0.4 is 0 Å². The van der Waals surface area contributed by atoms with E-state index in [1.165, 1.54) is 55.2 Å². The second-order valence-corrected chi connectivity index (χ2v) is 11.4. The molecule has 0 fully saturated rings. The summed E-state index contributed by atoms with van der Waals surface area (Å²) in [5.74, 6) is 0. The van der Waals surface area contributed by atoms with Crippen molar-refractivity contribution in [3.63, 3.8) is 0 Å². The van der Waals surface area contributed by atoms with Gasteiger partial charge in [-0.05, 0) is 70.3 Å². The van der Waals surface area contributed by atoms with Gasteiger partial charge in [0.05, 0.1) is 16.7 Å². The molecular weight excluding hydrogens is 534 g/mol. The van der Waals surface area contributed by atoms with E-state index >= 15 is 0 Å². The van der Waals surface area contributed by atoms with Crippen LogP contribution in [0.4, 0.5) is 0 Å². The number of benzene rings is 7. The van der Waals surface area contributed by atoms with Crippen LogP contribution in [0.1, 0.15) is 0 Å². The first-order valence-electron chi connectivity index (χ1n) is 15.0. The number of aromatic nitrogens is 1. The molecule has 44 heavy (non-hydrogen) atoms. The number of hydrogen-bond acceptors (Lipinski definition) is 1. The number of rotatable bonds is 4. The zero-order valence-electron chi connectivity index (χ0n) is 23.9. The van der Waals surface area contributed by atoms with E-state index in [0.717, 1.165) is 27.6 Å². The van der Waals surface area contributed by atoms with E-state index < -0.39 is 0 Å². The molecule has 0 radical (unpaired) electrons. The van der Waals surface area contributed by atoms with Gasteiger partial charge >= 0.3 is 0 Å². The quantitative estimate of drug-likeness (QED) is 0.209. The Morgan fingerprint density at radius 3 is 1.77 bits per heavy atom. The molecule has 0 saturated heterocycles. The minimum Gasteiger partial charge on any atom is -0.456 e. The molecule has 0 amide bonds. The second-order valence-electron chi connectivity index (χ2n) is 11.4. The first-order chi connectivity index (χ1) is 21.8. The average molecular weight is 562 g/mol. The molecule has 2 heteroatoms. The number of hydrogen-bond donors (Lipinski definition) is 0. The van der Waals surface area contributed by atoms with Crippen LogP contribution in [-0.2, 0) is 0 Å². The Morgan fingerprint density at radius 2 is 0.932 bits per heavy atom. The lowest BCUT2D eigenvalue weighted by atomic mass is 9.97. The maximum atomic E-state index is 6.12. The highest BCUT2D eigenvalue weighted by molar-refractivity contribution is 6.11. The highest BCUT2D eigenvalue weighted by Gasteiger charge is 2.18. The molecule has 0 bridgehead atoms. The summed E-state index contributed by atoms with van der Waals surface area (Å²) in [6, 6.07) is 58.6. The van der Waals surface area contributed by atoms with Gasteiger partial charge in [0, 0.05) is 27.1 Å². The molecule has 0 N–H and O–H groups in total. The lowest BCUT2D eigenvalue weighted by Gasteiger charge is -2.16. The predicted molar refractivity (Wildman–Crippen MR) is 184 cm³/mol. The van der Waals surface area contributed by atoms with Crippen molar-refractivity contribution < 1.29 is 4.42 Å². The molecule has 0 unspecified atom stereocenters.